The van der Waals surface area contributed by atoms with Crippen LogP contribution in [0.1, 0.15) is 29.7 Å². The Morgan fingerprint density at radius 3 is 2.36 bits per heavy atom. The largest absolute Gasteiger partial charge is 0.351 e. The van der Waals surface area contributed by atoms with Gasteiger partial charge in [-0.05, 0) is 49.3 Å². The zero-order chi connectivity index (χ0) is 18.1. The summed E-state index contributed by atoms with van der Waals surface area (Å²) in [4.78, 5) is 12.3. The number of halogens is 2. The number of thiocarbonyl (C=S) groups is 1. The maximum Gasteiger partial charge on any atom is 0.171 e. The fourth-order valence-electron chi connectivity index (χ4n) is 2.83. The van der Waals surface area contributed by atoms with Gasteiger partial charge >= 0.3 is 0 Å². The van der Waals surface area contributed by atoms with Gasteiger partial charge in [-0.3, -0.25) is 4.79 Å². The van der Waals surface area contributed by atoms with Crippen molar-refractivity contribution in [2.24, 2.45) is 0 Å². The fraction of sp³-hybridized carbons (Fsp3) is 0.158. The molecule has 0 spiro atoms. The minimum atomic E-state index is -0.969. The average molecular weight is 358 g/mol. The van der Waals surface area contributed by atoms with Crippen LogP contribution in [0, 0.1) is 18.6 Å². The second kappa shape index (κ2) is 6.72. The van der Waals surface area contributed by atoms with E-state index in [1.807, 2.05) is 31.2 Å². The Morgan fingerprint density at radius 1 is 1.08 bits per heavy atom. The van der Waals surface area contributed by atoms with Crippen LogP contribution >= 0.6 is 12.2 Å². The van der Waals surface area contributed by atoms with E-state index in [1.54, 1.807) is 0 Å². The third kappa shape index (κ3) is 3.44. The van der Waals surface area contributed by atoms with Gasteiger partial charge in [0, 0.05) is 5.57 Å². The number of carbonyl (C=O) groups excluding carboxylic acids is 1. The Bertz CT molecular complexity index is 891. The Kier molecular flexibility index (Phi) is 4.63. The van der Waals surface area contributed by atoms with Gasteiger partial charge in [-0.2, -0.15) is 0 Å². The van der Waals surface area contributed by atoms with E-state index in [1.165, 1.54) is 13.0 Å². The topological polar surface area (TPSA) is 41.1 Å². The summed E-state index contributed by atoms with van der Waals surface area (Å²) in [7, 11) is 0. The lowest BCUT2D eigenvalue weighted by Gasteiger charge is -2.31. The molecule has 1 aliphatic rings. The van der Waals surface area contributed by atoms with E-state index in [4.69, 9.17) is 12.2 Å². The molecule has 3 nitrogen and oxygen atoms in total. The van der Waals surface area contributed by atoms with Crippen LogP contribution in [-0.2, 0) is 4.79 Å². The number of nitrogens with one attached hydrogen (secondary N) is 2. The van der Waals surface area contributed by atoms with Gasteiger partial charge in [-0.15, -0.1) is 0 Å². The number of rotatable bonds is 3. The molecule has 0 aromatic heterocycles. The number of hydrogen-bond acceptors (Lipinski definition) is 2. The van der Waals surface area contributed by atoms with E-state index in [-0.39, 0.29) is 5.78 Å². The van der Waals surface area contributed by atoms with Crippen LogP contribution < -0.4 is 10.6 Å². The zero-order valence-corrected chi connectivity index (χ0v) is 14.5. The van der Waals surface area contributed by atoms with Crippen LogP contribution in [0.4, 0.5) is 8.78 Å². The molecule has 128 valence electrons. The molecule has 0 saturated heterocycles. The molecular weight excluding hydrogens is 342 g/mol. The van der Waals surface area contributed by atoms with E-state index in [0.29, 0.717) is 21.9 Å². The first-order valence-corrected chi connectivity index (χ1v) is 8.12. The Morgan fingerprint density at radius 2 is 1.76 bits per heavy atom. The van der Waals surface area contributed by atoms with Crippen molar-refractivity contribution in [2.45, 2.75) is 19.9 Å². The summed E-state index contributed by atoms with van der Waals surface area (Å²) >= 11 is 5.25. The van der Waals surface area contributed by atoms with Crippen molar-refractivity contribution in [1.29, 1.82) is 0 Å². The van der Waals surface area contributed by atoms with Gasteiger partial charge in [0.25, 0.3) is 0 Å². The van der Waals surface area contributed by atoms with Crippen molar-refractivity contribution in [3.8, 4) is 0 Å². The first-order valence-electron chi connectivity index (χ1n) is 7.71. The zero-order valence-electron chi connectivity index (χ0n) is 13.7. The van der Waals surface area contributed by atoms with Crippen molar-refractivity contribution in [3.63, 3.8) is 0 Å². The second-order valence-electron chi connectivity index (χ2n) is 5.92. The minimum absolute atomic E-state index is 0.187. The summed E-state index contributed by atoms with van der Waals surface area (Å²) in [6.45, 7) is 3.41. The predicted octanol–water partition coefficient (Wildman–Crippen LogP) is 3.79. The van der Waals surface area contributed by atoms with E-state index >= 15 is 0 Å². The molecule has 0 unspecified atom stereocenters. The van der Waals surface area contributed by atoms with Gasteiger partial charge in [-0.1, -0.05) is 35.9 Å². The highest BCUT2D eigenvalue weighted by Crippen LogP contribution is 2.32. The molecule has 0 amide bonds. The number of aryl methyl sites for hydroxylation is 1. The normalized spacial score (nSPS) is 17.1. The van der Waals surface area contributed by atoms with Crippen LogP contribution in [0.5, 0.6) is 0 Å². The van der Waals surface area contributed by atoms with Gasteiger partial charge in [0.05, 0.1) is 11.7 Å². The summed E-state index contributed by atoms with van der Waals surface area (Å²) in [5.41, 5.74) is 3.31. The third-order valence-corrected chi connectivity index (χ3v) is 4.29. The molecule has 0 bridgehead atoms. The molecular formula is C19H16F2N2OS. The lowest BCUT2D eigenvalue weighted by molar-refractivity contribution is -0.113. The van der Waals surface area contributed by atoms with Crippen molar-refractivity contribution < 1.29 is 13.6 Å². The molecule has 3 rings (SSSR count). The monoisotopic (exact) mass is 358 g/mol. The summed E-state index contributed by atoms with van der Waals surface area (Å²) in [6, 6.07) is 10.5. The quantitative estimate of drug-likeness (QED) is 0.819. The average Bonchev–Trinajstić information content (AvgIpc) is 2.57. The van der Waals surface area contributed by atoms with E-state index in [9.17, 15) is 13.6 Å². The summed E-state index contributed by atoms with van der Waals surface area (Å²) < 4.78 is 26.9. The van der Waals surface area contributed by atoms with Crippen molar-refractivity contribution >= 4 is 28.8 Å². The molecule has 2 N–H and O–H groups in total. The number of benzene rings is 2. The van der Waals surface area contributed by atoms with Gasteiger partial charge in [0.2, 0.25) is 0 Å². The molecule has 1 heterocycles. The van der Waals surface area contributed by atoms with Crippen molar-refractivity contribution in [2.75, 3.05) is 0 Å². The van der Waals surface area contributed by atoms with E-state index < -0.39 is 17.7 Å². The highest BCUT2D eigenvalue weighted by Gasteiger charge is 2.30. The molecule has 0 radical (unpaired) electrons. The van der Waals surface area contributed by atoms with Crippen LogP contribution in [0.3, 0.4) is 0 Å². The Hall–Kier alpha value is -2.60. The smallest absolute Gasteiger partial charge is 0.171 e. The summed E-state index contributed by atoms with van der Waals surface area (Å²) in [6.07, 6.45) is 0. The molecule has 1 aliphatic heterocycles. The Balaban J connectivity index is 2.17. The molecule has 0 saturated carbocycles. The summed E-state index contributed by atoms with van der Waals surface area (Å²) in [5.74, 6) is -2.09. The highest BCUT2D eigenvalue weighted by molar-refractivity contribution is 7.80. The lowest BCUT2D eigenvalue weighted by atomic mass is 9.90. The fourth-order valence-corrected chi connectivity index (χ4v) is 3.05. The molecule has 0 fully saturated rings. The molecule has 1 atom stereocenters. The standard InChI is InChI=1S/C19H16F2N2OS/c1-10-3-5-12(6-4-10)17-16(11(2)24)18(23-19(25)22-17)13-7-8-14(20)15(21)9-13/h3-9,18H,1-2H3,(H2,22,23,25)/t18-/m0/s1. The number of Topliss-reactive ketones (excluding diaryl/α,β-unsaturated/α-hetero) is 1. The van der Waals surface area contributed by atoms with Gasteiger partial charge < -0.3 is 10.6 Å². The maximum absolute atomic E-state index is 13.7. The minimum Gasteiger partial charge on any atom is -0.351 e. The molecule has 6 heteroatoms. The van der Waals surface area contributed by atoms with E-state index in [2.05, 4.69) is 10.6 Å². The van der Waals surface area contributed by atoms with Crippen molar-refractivity contribution in [3.05, 3.63) is 76.4 Å². The summed E-state index contributed by atoms with van der Waals surface area (Å²) in [5, 5.41) is 6.31. The predicted molar refractivity (Wildman–Crippen MR) is 96.7 cm³/mol. The number of hydrogen-bond donors (Lipinski definition) is 2. The third-order valence-electron chi connectivity index (χ3n) is 4.07. The van der Waals surface area contributed by atoms with Crippen LogP contribution in [-0.4, -0.2) is 10.9 Å². The highest BCUT2D eigenvalue weighted by atomic mass is 32.1. The lowest BCUT2D eigenvalue weighted by Crippen LogP contribution is -2.44. The first kappa shape index (κ1) is 17.2. The van der Waals surface area contributed by atoms with Crippen LogP contribution in [0.15, 0.2) is 48.0 Å². The Labute approximate surface area is 149 Å². The second-order valence-corrected chi connectivity index (χ2v) is 6.32. The van der Waals surface area contributed by atoms with Crippen molar-refractivity contribution in [1.82, 2.24) is 10.6 Å². The molecule has 2 aromatic rings. The van der Waals surface area contributed by atoms with E-state index in [0.717, 1.165) is 23.3 Å². The van der Waals surface area contributed by atoms with Gasteiger partial charge in [0.1, 0.15) is 0 Å². The van der Waals surface area contributed by atoms with Gasteiger partial charge in [-0.25, -0.2) is 8.78 Å². The number of carbonyl (C=O) groups is 1. The van der Waals surface area contributed by atoms with Gasteiger partial charge in [0.15, 0.2) is 22.5 Å². The van der Waals surface area contributed by atoms with Crippen LogP contribution in [0.25, 0.3) is 5.70 Å². The maximum atomic E-state index is 13.7. The number of ketones is 1. The molecule has 25 heavy (non-hydrogen) atoms. The van der Waals surface area contributed by atoms with Crippen LogP contribution in [0.2, 0.25) is 0 Å². The molecule has 2 aromatic carbocycles. The molecule has 0 aliphatic carbocycles. The first-order chi connectivity index (χ1) is 11.9. The SMILES string of the molecule is CC(=O)C1=C(c2ccc(C)cc2)NC(=S)N[C@H]1c1ccc(F)c(F)c1.